The first-order chi connectivity index (χ1) is 10.3. The van der Waals surface area contributed by atoms with E-state index in [9.17, 15) is 18.0 Å². The molecule has 0 saturated carbocycles. The zero-order valence-corrected chi connectivity index (χ0v) is 12.3. The molecule has 1 aromatic rings. The summed E-state index contributed by atoms with van der Waals surface area (Å²) in [5.74, 6) is -0.717. The van der Waals surface area contributed by atoms with Crippen LogP contribution < -0.4 is 10.1 Å². The van der Waals surface area contributed by atoms with E-state index in [0.717, 1.165) is 5.56 Å². The maximum atomic E-state index is 12.7. The Kier molecular flexibility index (Phi) is 3.55. The monoisotopic (exact) mass is 314 g/mol. The van der Waals surface area contributed by atoms with Gasteiger partial charge in [0.05, 0.1) is 11.6 Å². The number of halogens is 3. The summed E-state index contributed by atoms with van der Waals surface area (Å²) in [5, 5.41) is 3.18. The number of fused-ring (bicyclic) bond motifs is 3. The molecule has 0 radical (unpaired) electrons. The summed E-state index contributed by atoms with van der Waals surface area (Å²) in [6.07, 6.45) is -4.81. The molecule has 1 unspecified atom stereocenters. The Balaban J connectivity index is 2.13. The van der Waals surface area contributed by atoms with Crippen molar-refractivity contribution < 1.29 is 22.7 Å². The smallest absolute Gasteiger partial charge is 0.405 e. The zero-order chi connectivity index (χ0) is 16.1. The average molecular weight is 314 g/mol. The van der Waals surface area contributed by atoms with Crippen molar-refractivity contribution >= 4 is 5.91 Å². The van der Waals surface area contributed by atoms with Crippen molar-refractivity contribution in [3.8, 4) is 5.75 Å². The summed E-state index contributed by atoms with van der Waals surface area (Å²) in [5.41, 5.74) is 1.41. The summed E-state index contributed by atoms with van der Waals surface area (Å²) >= 11 is 0. The highest BCUT2D eigenvalue weighted by molar-refractivity contribution is 6.02. The van der Waals surface area contributed by atoms with Crippen LogP contribution in [0.2, 0.25) is 0 Å². The highest BCUT2D eigenvalue weighted by Gasteiger charge is 2.43. The number of rotatable bonds is 2. The second-order valence-electron chi connectivity index (χ2n) is 5.90. The van der Waals surface area contributed by atoms with Crippen LogP contribution >= 0.6 is 0 Å². The Morgan fingerprint density at radius 1 is 1.36 bits per heavy atom. The van der Waals surface area contributed by atoms with Gasteiger partial charge in [-0.25, -0.2) is 0 Å². The van der Waals surface area contributed by atoms with E-state index in [1.165, 1.54) is 6.07 Å². The maximum Gasteiger partial charge on any atom is 0.573 e. The van der Waals surface area contributed by atoms with Gasteiger partial charge in [-0.1, -0.05) is 19.9 Å². The van der Waals surface area contributed by atoms with Crippen LogP contribution in [-0.4, -0.2) is 36.8 Å². The maximum absolute atomic E-state index is 12.7. The number of benzene rings is 1. The van der Waals surface area contributed by atoms with E-state index in [-0.39, 0.29) is 29.2 Å². The van der Waals surface area contributed by atoms with E-state index in [2.05, 4.69) is 10.1 Å². The predicted molar refractivity (Wildman–Crippen MR) is 73.9 cm³/mol. The predicted octanol–water partition coefficient (Wildman–Crippen LogP) is 2.81. The van der Waals surface area contributed by atoms with Crippen LogP contribution in [-0.2, 0) is 0 Å². The SMILES string of the molecule is CC(C)c1cc(OC(F)(F)F)c2c(c1)C1CNCCN1C2=O. The van der Waals surface area contributed by atoms with Gasteiger partial charge >= 0.3 is 6.36 Å². The fourth-order valence-electron chi connectivity index (χ4n) is 3.06. The molecule has 1 saturated heterocycles. The summed E-state index contributed by atoms with van der Waals surface area (Å²) < 4.78 is 42.2. The van der Waals surface area contributed by atoms with Crippen molar-refractivity contribution in [3.63, 3.8) is 0 Å². The lowest BCUT2D eigenvalue weighted by atomic mass is 9.94. The molecule has 1 fully saturated rings. The normalized spacial score (nSPS) is 21.1. The molecule has 22 heavy (non-hydrogen) atoms. The van der Waals surface area contributed by atoms with E-state index >= 15 is 0 Å². The van der Waals surface area contributed by atoms with Crippen LogP contribution in [0, 0.1) is 0 Å². The van der Waals surface area contributed by atoms with Gasteiger partial charge in [0.1, 0.15) is 5.75 Å². The molecule has 2 aliphatic heterocycles. The van der Waals surface area contributed by atoms with Crippen LogP contribution in [0.15, 0.2) is 12.1 Å². The van der Waals surface area contributed by atoms with Crippen LogP contribution in [0.3, 0.4) is 0 Å². The van der Waals surface area contributed by atoms with E-state index in [1.807, 2.05) is 19.9 Å². The molecule has 1 aromatic carbocycles. The van der Waals surface area contributed by atoms with Crippen LogP contribution in [0.4, 0.5) is 13.2 Å². The van der Waals surface area contributed by atoms with Gasteiger partial charge in [0.2, 0.25) is 0 Å². The third-order valence-corrected chi connectivity index (χ3v) is 4.12. The van der Waals surface area contributed by atoms with Gasteiger partial charge in [-0.2, -0.15) is 0 Å². The minimum absolute atomic E-state index is 0.0431. The summed E-state index contributed by atoms with van der Waals surface area (Å²) in [4.78, 5) is 14.1. The van der Waals surface area contributed by atoms with Crippen molar-refractivity contribution in [2.24, 2.45) is 0 Å². The number of carbonyl (C=O) groups excluding carboxylic acids is 1. The molecular formula is C15H17F3N2O2. The number of hydrogen-bond donors (Lipinski definition) is 1. The molecular weight excluding hydrogens is 297 g/mol. The fourth-order valence-corrected chi connectivity index (χ4v) is 3.06. The van der Waals surface area contributed by atoms with Gasteiger partial charge < -0.3 is 15.0 Å². The standard InChI is InChI=1S/C15H17F3N2O2/c1-8(2)9-5-10-11-7-19-3-4-20(11)14(21)13(10)12(6-9)22-15(16,17)18/h5-6,8,11,19H,3-4,7H2,1-2H3. The molecule has 1 N–H and O–H groups in total. The summed E-state index contributed by atoms with van der Waals surface area (Å²) in [7, 11) is 0. The molecule has 0 aromatic heterocycles. The Morgan fingerprint density at radius 2 is 2.09 bits per heavy atom. The van der Waals surface area contributed by atoms with Crippen molar-refractivity contribution in [1.29, 1.82) is 0 Å². The van der Waals surface area contributed by atoms with Gasteiger partial charge in [-0.05, 0) is 23.1 Å². The summed E-state index contributed by atoms with van der Waals surface area (Å²) in [6.45, 7) is 5.47. The Bertz CT molecular complexity index is 614. The zero-order valence-electron chi connectivity index (χ0n) is 12.3. The average Bonchev–Trinajstić information content (AvgIpc) is 2.71. The Hall–Kier alpha value is -1.76. The van der Waals surface area contributed by atoms with Gasteiger partial charge in [-0.15, -0.1) is 13.2 Å². The number of ether oxygens (including phenoxy) is 1. The molecule has 2 heterocycles. The quantitative estimate of drug-likeness (QED) is 0.913. The minimum atomic E-state index is -4.81. The topological polar surface area (TPSA) is 41.6 Å². The highest BCUT2D eigenvalue weighted by Crippen LogP contribution is 2.42. The van der Waals surface area contributed by atoms with Gasteiger partial charge in [-0.3, -0.25) is 4.79 Å². The van der Waals surface area contributed by atoms with Crippen molar-refractivity contribution in [2.75, 3.05) is 19.6 Å². The van der Waals surface area contributed by atoms with Gasteiger partial charge in [0.25, 0.3) is 5.91 Å². The molecule has 4 nitrogen and oxygen atoms in total. The molecule has 120 valence electrons. The highest BCUT2D eigenvalue weighted by atomic mass is 19.4. The molecule has 0 aliphatic carbocycles. The lowest BCUT2D eigenvalue weighted by Crippen LogP contribution is -2.44. The molecule has 2 aliphatic rings. The van der Waals surface area contributed by atoms with Crippen LogP contribution in [0.5, 0.6) is 5.75 Å². The first-order valence-corrected chi connectivity index (χ1v) is 7.23. The van der Waals surface area contributed by atoms with Crippen LogP contribution in [0.25, 0.3) is 0 Å². The lowest BCUT2D eigenvalue weighted by molar-refractivity contribution is -0.274. The van der Waals surface area contributed by atoms with Crippen LogP contribution in [0.1, 0.15) is 47.3 Å². The number of amides is 1. The number of nitrogens with one attached hydrogen (secondary N) is 1. The number of piperazine rings is 1. The van der Waals surface area contributed by atoms with E-state index < -0.39 is 6.36 Å². The van der Waals surface area contributed by atoms with E-state index in [1.54, 1.807) is 4.90 Å². The van der Waals surface area contributed by atoms with Crippen molar-refractivity contribution in [2.45, 2.75) is 32.2 Å². The number of alkyl halides is 3. The number of carbonyl (C=O) groups is 1. The minimum Gasteiger partial charge on any atom is -0.405 e. The third-order valence-electron chi connectivity index (χ3n) is 4.12. The van der Waals surface area contributed by atoms with E-state index in [0.29, 0.717) is 25.2 Å². The van der Waals surface area contributed by atoms with Crippen molar-refractivity contribution in [1.82, 2.24) is 10.2 Å². The Labute approximate surface area is 126 Å². The lowest BCUT2D eigenvalue weighted by Gasteiger charge is -2.30. The second-order valence-corrected chi connectivity index (χ2v) is 5.90. The molecule has 3 rings (SSSR count). The largest absolute Gasteiger partial charge is 0.573 e. The van der Waals surface area contributed by atoms with Gasteiger partial charge in [0, 0.05) is 19.6 Å². The number of hydrogen-bond acceptors (Lipinski definition) is 3. The molecule has 1 amide bonds. The first-order valence-electron chi connectivity index (χ1n) is 7.23. The first kappa shape index (κ1) is 15.1. The molecule has 7 heteroatoms. The number of nitrogens with zero attached hydrogens (tertiary/aromatic N) is 1. The molecule has 0 bridgehead atoms. The van der Waals surface area contributed by atoms with Gasteiger partial charge in [0.15, 0.2) is 0 Å². The third kappa shape index (κ3) is 2.54. The van der Waals surface area contributed by atoms with E-state index in [4.69, 9.17) is 0 Å². The molecule has 0 spiro atoms. The summed E-state index contributed by atoms with van der Waals surface area (Å²) in [6, 6.07) is 2.95. The second kappa shape index (κ2) is 5.15. The fraction of sp³-hybridized carbons (Fsp3) is 0.533. The molecule has 1 atom stereocenters. The Morgan fingerprint density at radius 3 is 2.73 bits per heavy atom. The van der Waals surface area contributed by atoms with Crippen molar-refractivity contribution in [3.05, 3.63) is 28.8 Å².